The second kappa shape index (κ2) is 5.89. The predicted octanol–water partition coefficient (Wildman–Crippen LogP) is 2.42. The van der Waals surface area contributed by atoms with Gasteiger partial charge in [0.1, 0.15) is 17.9 Å². The maximum Gasteiger partial charge on any atom is 0.258 e. The fourth-order valence-corrected chi connectivity index (χ4v) is 2.87. The van der Waals surface area contributed by atoms with E-state index in [0.717, 1.165) is 46.6 Å². The Bertz CT molecular complexity index is 727. The Morgan fingerprint density at radius 2 is 2.33 bits per heavy atom. The van der Waals surface area contributed by atoms with E-state index >= 15 is 0 Å². The van der Waals surface area contributed by atoms with Crippen molar-refractivity contribution in [3.8, 4) is 5.75 Å². The summed E-state index contributed by atoms with van der Waals surface area (Å²) < 4.78 is 7.96. The molecule has 1 N–H and O–H groups in total. The lowest BCUT2D eigenvalue weighted by molar-refractivity contribution is 0.407. The molecule has 6 heteroatoms. The molecule has 0 aliphatic carbocycles. The average molecular weight is 350 g/mol. The van der Waals surface area contributed by atoms with E-state index in [1.165, 1.54) is 0 Å². The summed E-state index contributed by atoms with van der Waals surface area (Å²) in [5.74, 6) is 1.48. The molecule has 0 saturated carbocycles. The van der Waals surface area contributed by atoms with Crippen LogP contribution in [0.1, 0.15) is 17.5 Å². The van der Waals surface area contributed by atoms with Gasteiger partial charge < -0.3 is 10.1 Å². The van der Waals surface area contributed by atoms with Crippen LogP contribution < -0.4 is 15.6 Å². The maximum atomic E-state index is 12.5. The highest BCUT2D eigenvalue weighted by atomic mass is 79.9. The van der Waals surface area contributed by atoms with E-state index < -0.39 is 0 Å². The summed E-state index contributed by atoms with van der Waals surface area (Å²) in [5.41, 5.74) is 1.75. The molecule has 0 radical (unpaired) electrons. The van der Waals surface area contributed by atoms with Gasteiger partial charge in [-0.05, 0) is 25.0 Å². The molecule has 0 fully saturated rings. The largest absolute Gasteiger partial charge is 0.496 e. The summed E-state index contributed by atoms with van der Waals surface area (Å²) in [6, 6.07) is 5.79. The lowest BCUT2D eigenvalue weighted by Crippen LogP contribution is -2.29. The van der Waals surface area contributed by atoms with Crippen molar-refractivity contribution in [3.05, 3.63) is 50.5 Å². The van der Waals surface area contributed by atoms with Crippen LogP contribution in [0.5, 0.6) is 5.75 Å². The molecule has 0 unspecified atom stereocenters. The molecular weight excluding hydrogens is 334 g/mol. The quantitative estimate of drug-likeness (QED) is 0.924. The maximum absolute atomic E-state index is 12.5. The van der Waals surface area contributed by atoms with Crippen LogP contribution in [-0.4, -0.2) is 23.2 Å². The molecule has 5 nitrogen and oxygen atoms in total. The van der Waals surface area contributed by atoms with Gasteiger partial charge in [-0.2, -0.15) is 0 Å². The van der Waals surface area contributed by atoms with Crippen LogP contribution in [-0.2, 0) is 13.0 Å². The van der Waals surface area contributed by atoms with Gasteiger partial charge in [-0.1, -0.05) is 22.0 Å². The van der Waals surface area contributed by atoms with Crippen LogP contribution >= 0.6 is 15.9 Å². The van der Waals surface area contributed by atoms with Crippen molar-refractivity contribution in [2.75, 3.05) is 19.0 Å². The van der Waals surface area contributed by atoms with Gasteiger partial charge in [0, 0.05) is 16.6 Å². The van der Waals surface area contributed by atoms with Gasteiger partial charge in [0.05, 0.1) is 19.2 Å². The molecule has 0 saturated heterocycles. The highest BCUT2D eigenvalue weighted by Gasteiger charge is 2.16. The minimum Gasteiger partial charge on any atom is -0.496 e. The highest BCUT2D eigenvalue weighted by Crippen LogP contribution is 2.24. The molecule has 21 heavy (non-hydrogen) atoms. The van der Waals surface area contributed by atoms with E-state index in [0.29, 0.717) is 6.54 Å². The number of nitrogens with zero attached hydrogens (tertiary/aromatic N) is 2. The summed E-state index contributed by atoms with van der Waals surface area (Å²) >= 11 is 3.42. The first-order chi connectivity index (χ1) is 10.2. The van der Waals surface area contributed by atoms with Crippen LogP contribution in [0.3, 0.4) is 0 Å². The highest BCUT2D eigenvalue weighted by molar-refractivity contribution is 9.10. The van der Waals surface area contributed by atoms with Crippen molar-refractivity contribution in [1.82, 2.24) is 9.55 Å². The standard InChI is InChI=1S/C15H16BrN3O2/c1-21-13-7-11(16)5-4-10(13)8-19-9-18-14-12(15(19)20)3-2-6-17-14/h4-5,7,9,17H,2-3,6,8H2,1H3. The third-order valence-corrected chi connectivity index (χ3v) is 4.11. The zero-order valence-electron chi connectivity index (χ0n) is 11.7. The minimum absolute atomic E-state index is 0.0252. The number of fused-ring (bicyclic) bond motifs is 1. The Morgan fingerprint density at radius 3 is 3.14 bits per heavy atom. The van der Waals surface area contributed by atoms with Gasteiger partial charge in [-0.15, -0.1) is 0 Å². The summed E-state index contributed by atoms with van der Waals surface area (Å²) in [4.78, 5) is 16.9. The number of aromatic nitrogens is 2. The van der Waals surface area contributed by atoms with Crippen molar-refractivity contribution in [2.45, 2.75) is 19.4 Å². The molecule has 1 aliphatic rings. The molecule has 0 atom stereocenters. The predicted molar refractivity (Wildman–Crippen MR) is 85.1 cm³/mol. The Kier molecular flexibility index (Phi) is 3.96. The zero-order chi connectivity index (χ0) is 14.8. The van der Waals surface area contributed by atoms with Crippen LogP contribution in [0.2, 0.25) is 0 Å². The van der Waals surface area contributed by atoms with E-state index in [9.17, 15) is 4.79 Å². The molecule has 1 aromatic carbocycles. The third kappa shape index (κ3) is 2.81. The molecule has 2 heterocycles. The molecule has 3 rings (SSSR count). The Balaban J connectivity index is 1.97. The SMILES string of the molecule is COc1cc(Br)ccc1Cn1cnc2c(c1=O)CCCN2. The number of hydrogen-bond donors (Lipinski definition) is 1. The lowest BCUT2D eigenvalue weighted by Gasteiger charge is -2.18. The summed E-state index contributed by atoms with van der Waals surface area (Å²) in [5, 5.41) is 3.17. The van der Waals surface area contributed by atoms with Crippen molar-refractivity contribution in [2.24, 2.45) is 0 Å². The third-order valence-electron chi connectivity index (χ3n) is 3.62. The van der Waals surface area contributed by atoms with Crippen molar-refractivity contribution in [1.29, 1.82) is 0 Å². The van der Waals surface area contributed by atoms with E-state index in [1.54, 1.807) is 18.0 Å². The minimum atomic E-state index is 0.0252. The summed E-state index contributed by atoms with van der Waals surface area (Å²) in [6.45, 7) is 1.33. The first-order valence-electron chi connectivity index (χ1n) is 6.83. The molecule has 110 valence electrons. The van der Waals surface area contributed by atoms with Crippen LogP contribution in [0.15, 0.2) is 33.8 Å². The number of benzene rings is 1. The summed E-state index contributed by atoms with van der Waals surface area (Å²) in [7, 11) is 1.63. The average Bonchev–Trinajstić information content (AvgIpc) is 2.51. The number of anilines is 1. The van der Waals surface area contributed by atoms with Crippen LogP contribution in [0, 0.1) is 0 Å². The second-order valence-corrected chi connectivity index (χ2v) is 5.91. The van der Waals surface area contributed by atoms with E-state index in [4.69, 9.17) is 4.74 Å². The topological polar surface area (TPSA) is 56.2 Å². The Labute approximate surface area is 131 Å². The van der Waals surface area contributed by atoms with Gasteiger partial charge in [-0.25, -0.2) is 4.98 Å². The number of hydrogen-bond acceptors (Lipinski definition) is 4. The van der Waals surface area contributed by atoms with E-state index in [2.05, 4.69) is 26.2 Å². The second-order valence-electron chi connectivity index (χ2n) is 4.99. The first-order valence-corrected chi connectivity index (χ1v) is 7.63. The lowest BCUT2D eigenvalue weighted by atomic mass is 10.1. The van der Waals surface area contributed by atoms with E-state index in [1.807, 2.05) is 18.2 Å². The molecule has 0 amide bonds. The van der Waals surface area contributed by atoms with E-state index in [-0.39, 0.29) is 5.56 Å². The summed E-state index contributed by atoms with van der Waals surface area (Å²) in [6.07, 6.45) is 3.35. The van der Waals surface area contributed by atoms with Crippen molar-refractivity contribution >= 4 is 21.7 Å². The van der Waals surface area contributed by atoms with Gasteiger partial charge in [0.25, 0.3) is 5.56 Å². The fraction of sp³-hybridized carbons (Fsp3) is 0.333. The molecular formula is C15H16BrN3O2. The molecule has 1 aromatic heterocycles. The number of halogens is 1. The fourth-order valence-electron chi connectivity index (χ4n) is 2.53. The van der Waals surface area contributed by atoms with Crippen molar-refractivity contribution in [3.63, 3.8) is 0 Å². The number of methoxy groups -OCH3 is 1. The molecule has 1 aliphatic heterocycles. The first kappa shape index (κ1) is 14.1. The number of ether oxygens (including phenoxy) is 1. The number of nitrogens with one attached hydrogen (secondary N) is 1. The van der Waals surface area contributed by atoms with Crippen LogP contribution in [0.25, 0.3) is 0 Å². The molecule has 0 spiro atoms. The monoisotopic (exact) mass is 349 g/mol. The molecule has 2 aromatic rings. The number of rotatable bonds is 3. The smallest absolute Gasteiger partial charge is 0.258 e. The van der Waals surface area contributed by atoms with Gasteiger partial charge >= 0.3 is 0 Å². The van der Waals surface area contributed by atoms with Crippen LogP contribution in [0.4, 0.5) is 5.82 Å². The van der Waals surface area contributed by atoms with Gasteiger partial charge in [0.2, 0.25) is 0 Å². The van der Waals surface area contributed by atoms with Gasteiger partial charge in [-0.3, -0.25) is 9.36 Å². The molecule has 0 bridgehead atoms. The zero-order valence-corrected chi connectivity index (χ0v) is 13.3. The Hall–Kier alpha value is -1.82. The Morgan fingerprint density at radius 1 is 1.48 bits per heavy atom. The van der Waals surface area contributed by atoms with Crippen molar-refractivity contribution < 1.29 is 4.74 Å². The normalized spacial score (nSPS) is 13.4. The van der Waals surface area contributed by atoms with Gasteiger partial charge in [0.15, 0.2) is 0 Å².